The summed E-state index contributed by atoms with van der Waals surface area (Å²) in [6, 6.07) is 20.0. The number of unbranched alkanes of at least 4 members (excludes halogenated alkanes) is 7. The van der Waals surface area contributed by atoms with Crippen LogP contribution in [0.1, 0.15) is 103 Å². The van der Waals surface area contributed by atoms with Crippen molar-refractivity contribution in [1.82, 2.24) is 0 Å². The summed E-state index contributed by atoms with van der Waals surface area (Å²) in [5.41, 5.74) is 3.75. The Bertz CT molecular complexity index is 1380. The minimum Gasteiger partial charge on any atom is -0.462 e. The standard InChI is InChI=1S/C37H43IO6/c1-4-5-6-7-10-13-28-17-21-31(22-18-28)37(41)44-34-24-23-32(26-33(34)38)43-36(40)30-19-15-29(16-20-30)14-11-8-9-12-25-42-35(39)27(2)3/h15-24,26H,2,4-14,25H2,1,3H3. The van der Waals surface area contributed by atoms with Gasteiger partial charge in [0.15, 0.2) is 0 Å². The molecule has 0 aromatic heterocycles. The molecule has 0 unspecified atom stereocenters. The van der Waals surface area contributed by atoms with Gasteiger partial charge >= 0.3 is 17.9 Å². The molecule has 44 heavy (non-hydrogen) atoms. The van der Waals surface area contributed by atoms with E-state index in [2.05, 4.69) is 36.1 Å². The van der Waals surface area contributed by atoms with E-state index < -0.39 is 11.9 Å². The van der Waals surface area contributed by atoms with Gasteiger partial charge in [-0.1, -0.05) is 76.3 Å². The number of hydrogen-bond donors (Lipinski definition) is 0. The van der Waals surface area contributed by atoms with Crippen molar-refractivity contribution in [3.8, 4) is 11.5 Å². The second-order valence-electron chi connectivity index (χ2n) is 11.0. The molecule has 0 N–H and O–H groups in total. The zero-order valence-corrected chi connectivity index (χ0v) is 28.0. The molecule has 0 saturated carbocycles. The Labute approximate surface area is 275 Å². The number of carbonyl (C=O) groups is 3. The highest BCUT2D eigenvalue weighted by molar-refractivity contribution is 14.1. The van der Waals surface area contributed by atoms with E-state index in [9.17, 15) is 14.4 Å². The predicted molar refractivity (Wildman–Crippen MR) is 182 cm³/mol. The van der Waals surface area contributed by atoms with E-state index in [0.717, 1.165) is 50.5 Å². The number of rotatable bonds is 18. The van der Waals surface area contributed by atoms with Crippen LogP contribution in [0.25, 0.3) is 0 Å². The van der Waals surface area contributed by atoms with E-state index in [1.165, 1.54) is 31.2 Å². The van der Waals surface area contributed by atoms with Crippen molar-refractivity contribution >= 4 is 40.5 Å². The van der Waals surface area contributed by atoms with Crippen molar-refractivity contribution in [1.29, 1.82) is 0 Å². The third kappa shape index (κ3) is 12.3. The number of hydrogen-bond acceptors (Lipinski definition) is 6. The van der Waals surface area contributed by atoms with Gasteiger partial charge in [-0.05, 0) is 115 Å². The van der Waals surface area contributed by atoms with Crippen molar-refractivity contribution in [3.05, 3.63) is 105 Å². The fourth-order valence-corrected chi connectivity index (χ4v) is 5.17. The molecule has 0 aliphatic heterocycles. The van der Waals surface area contributed by atoms with Gasteiger partial charge in [-0.25, -0.2) is 14.4 Å². The molecular weight excluding hydrogens is 667 g/mol. The second-order valence-corrected chi connectivity index (χ2v) is 12.2. The fourth-order valence-electron chi connectivity index (χ4n) is 4.57. The first kappa shape index (κ1) is 35.0. The lowest BCUT2D eigenvalue weighted by atomic mass is 10.0. The van der Waals surface area contributed by atoms with Crippen LogP contribution >= 0.6 is 22.6 Å². The summed E-state index contributed by atoms with van der Waals surface area (Å²) in [6.45, 7) is 7.85. The molecule has 0 amide bonds. The Morgan fingerprint density at radius 3 is 1.73 bits per heavy atom. The minimum atomic E-state index is -0.452. The highest BCUT2D eigenvalue weighted by Crippen LogP contribution is 2.27. The second kappa shape index (κ2) is 19.0. The average Bonchev–Trinajstić information content (AvgIpc) is 3.02. The van der Waals surface area contributed by atoms with Crippen LogP contribution in [-0.4, -0.2) is 24.5 Å². The van der Waals surface area contributed by atoms with Crippen molar-refractivity contribution in [2.75, 3.05) is 6.61 Å². The molecule has 0 atom stereocenters. The lowest BCUT2D eigenvalue weighted by Crippen LogP contribution is -2.11. The first-order valence-corrected chi connectivity index (χ1v) is 16.6. The van der Waals surface area contributed by atoms with E-state index in [1.54, 1.807) is 37.3 Å². The Kier molecular flexibility index (Phi) is 15.2. The normalized spacial score (nSPS) is 10.7. The largest absolute Gasteiger partial charge is 0.462 e. The lowest BCUT2D eigenvalue weighted by molar-refractivity contribution is -0.139. The molecule has 0 heterocycles. The molecule has 234 valence electrons. The van der Waals surface area contributed by atoms with Gasteiger partial charge in [0.1, 0.15) is 11.5 Å². The molecule has 3 aromatic carbocycles. The van der Waals surface area contributed by atoms with Gasteiger partial charge in [-0.2, -0.15) is 0 Å². The van der Waals surface area contributed by atoms with E-state index in [-0.39, 0.29) is 5.97 Å². The Hall–Kier alpha value is -3.46. The number of carbonyl (C=O) groups excluding carboxylic acids is 3. The van der Waals surface area contributed by atoms with Crippen molar-refractivity contribution in [2.45, 2.75) is 84.5 Å². The first-order chi connectivity index (χ1) is 21.3. The summed E-state index contributed by atoms with van der Waals surface area (Å²) in [6.07, 6.45) is 12.0. The van der Waals surface area contributed by atoms with Gasteiger partial charge < -0.3 is 14.2 Å². The van der Waals surface area contributed by atoms with Crippen LogP contribution in [-0.2, 0) is 22.4 Å². The summed E-state index contributed by atoms with van der Waals surface area (Å²) >= 11 is 2.07. The van der Waals surface area contributed by atoms with E-state index >= 15 is 0 Å². The molecule has 6 nitrogen and oxygen atoms in total. The number of esters is 3. The zero-order valence-electron chi connectivity index (χ0n) is 25.9. The molecule has 3 aromatic rings. The predicted octanol–water partition coefficient (Wildman–Crippen LogP) is 9.46. The minimum absolute atomic E-state index is 0.337. The smallest absolute Gasteiger partial charge is 0.343 e. The SMILES string of the molecule is C=C(C)C(=O)OCCCCCCc1ccc(C(=O)Oc2ccc(OC(=O)c3ccc(CCCCCCC)cc3)c(I)c2)cc1. The van der Waals surface area contributed by atoms with E-state index in [1.807, 2.05) is 36.4 Å². The first-order valence-electron chi connectivity index (χ1n) is 15.5. The summed E-state index contributed by atoms with van der Waals surface area (Å²) < 4.78 is 17.0. The quantitative estimate of drug-likeness (QED) is 0.0431. The third-order valence-electron chi connectivity index (χ3n) is 7.21. The summed E-state index contributed by atoms with van der Waals surface area (Å²) in [5, 5.41) is 0. The van der Waals surface area contributed by atoms with Gasteiger partial charge in [-0.3, -0.25) is 0 Å². The van der Waals surface area contributed by atoms with Crippen molar-refractivity contribution in [2.24, 2.45) is 0 Å². The van der Waals surface area contributed by atoms with Crippen molar-refractivity contribution in [3.63, 3.8) is 0 Å². The zero-order chi connectivity index (χ0) is 31.7. The Morgan fingerprint density at radius 2 is 1.20 bits per heavy atom. The maximum atomic E-state index is 12.7. The van der Waals surface area contributed by atoms with E-state index in [0.29, 0.717) is 38.4 Å². The van der Waals surface area contributed by atoms with Gasteiger partial charge in [0, 0.05) is 5.57 Å². The Morgan fingerprint density at radius 1 is 0.682 bits per heavy atom. The molecule has 0 bridgehead atoms. The van der Waals surface area contributed by atoms with Crippen LogP contribution in [0.3, 0.4) is 0 Å². The van der Waals surface area contributed by atoms with E-state index in [4.69, 9.17) is 14.2 Å². The van der Waals surface area contributed by atoms with Crippen molar-refractivity contribution < 1.29 is 28.6 Å². The maximum Gasteiger partial charge on any atom is 0.343 e. The van der Waals surface area contributed by atoms with Crippen LogP contribution in [0.5, 0.6) is 11.5 Å². The van der Waals surface area contributed by atoms with Gasteiger partial charge in [0.05, 0.1) is 21.3 Å². The van der Waals surface area contributed by atoms with Crippen LogP contribution in [0, 0.1) is 3.57 Å². The fraction of sp³-hybridized carbons (Fsp3) is 0.378. The molecule has 3 rings (SSSR count). The van der Waals surface area contributed by atoms with Gasteiger partial charge in [0.25, 0.3) is 0 Å². The highest BCUT2D eigenvalue weighted by Gasteiger charge is 2.14. The maximum absolute atomic E-state index is 12.7. The molecule has 0 radical (unpaired) electrons. The third-order valence-corrected chi connectivity index (χ3v) is 8.05. The number of aryl methyl sites for hydroxylation is 2. The van der Waals surface area contributed by atoms with Crippen LogP contribution in [0.4, 0.5) is 0 Å². The van der Waals surface area contributed by atoms with Gasteiger partial charge in [-0.15, -0.1) is 0 Å². The number of halogens is 1. The molecule has 7 heteroatoms. The highest BCUT2D eigenvalue weighted by atomic mass is 127. The summed E-state index contributed by atoms with van der Waals surface area (Å²) in [7, 11) is 0. The van der Waals surface area contributed by atoms with Crippen LogP contribution in [0.2, 0.25) is 0 Å². The molecule has 0 spiro atoms. The average molecular weight is 711 g/mol. The molecule has 0 saturated heterocycles. The topological polar surface area (TPSA) is 78.9 Å². The molecule has 0 aliphatic rings. The number of ether oxygens (including phenoxy) is 3. The molecule has 0 aliphatic carbocycles. The van der Waals surface area contributed by atoms with Crippen LogP contribution in [0.15, 0.2) is 78.9 Å². The number of benzene rings is 3. The monoisotopic (exact) mass is 710 g/mol. The summed E-state index contributed by atoms with van der Waals surface area (Å²) in [4.78, 5) is 36.8. The molecule has 0 fully saturated rings. The van der Waals surface area contributed by atoms with Gasteiger partial charge in [0.2, 0.25) is 0 Å². The van der Waals surface area contributed by atoms with Crippen LogP contribution < -0.4 is 9.47 Å². The summed E-state index contributed by atoms with van der Waals surface area (Å²) in [5.74, 6) is -0.428. The Balaban J connectivity index is 1.41. The molecular formula is C37H43IO6. The lowest BCUT2D eigenvalue weighted by Gasteiger charge is -2.10.